The van der Waals surface area contributed by atoms with E-state index >= 15 is 0 Å². The summed E-state index contributed by atoms with van der Waals surface area (Å²) < 4.78 is 0. The number of nitriles is 1. The summed E-state index contributed by atoms with van der Waals surface area (Å²) in [6.07, 6.45) is 2.81. The molecule has 11 heavy (non-hydrogen) atoms. The highest BCUT2D eigenvalue weighted by molar-refractivity contribution is 5.22. The van der Waals surface area contributed by atoms with Crippen molar-refractivity contribution in [2.24, 2.45) is 0 Å². The quantitative estimate of drug-likeness (QED) is 0.616. The predicted octanol–water partition coefficient (Wildman–Crippen LogP) is 0.145. The van der Waals surface area contributed by atoms with Crippen molar-refractivity contribution >= 4 is 0 Å². The van der Waals surface area contributed by atoms with Gasteiger partial charge in [0.25, 0.3) is 0 Å². The van der Waals surface area contributed by atoms with Gasteiger partial charge in [0, 0.05) is 0 Å². The van der Waals surface area contributed by atoms with E-state index in [0.29, 0.717) is 5.82 Å². The highest BCUT2D eigenvalue weighted by atomic mass is 15.5. The average molecular weight is 149 g/mol. The maximum atomic E-state index is 8.84. The fraction of sp³-hybridized carbons (Fsp3) is 0.667. The molecular formula is C6H7N5. The van der Waals surface area contributed by atoms with Crippen LogP contribution in [0.4, 0.5) is 0 Å². The van der Waals surface area contributed by atoms with Crippen LogP contribution in [0.15, 0.2) is 0 Å². The van der Waals surface area contributed by atoms with E-state index in [1.807, 2.05) is 0 Å². The standard InChI is InChI=1S/C6H7N5/c7-4-6(2-1-3-6)5-8-10-11-9-5/h1-3H2,(H,8,9,10,11). The molecule has 1 aliphatic carbocycles. The largest absolute Gasteiger partial charge is 0.197 e. The Hall–Kier alpha value is -1.44. The van der Waals surface area contributed by atoms with Crippen molar-refractivity contribution in [1.82, 2.24) is 20.6 Å². The number of nitrogens with one attached hydrogen (secondary N) is 1. The van der Waals surface area contributed by atoms with Gasteiger partial charge in [0.05, 0.1) is 6.07 Å². The molecule has 0 radical (unpaired) electrons. The van der Waals surface area contributed by atoms with Crippen LogP contribution in [0.2, 0.25) is 0 Å². The maximum absolute atomic E-state index is 8.84. The number of H-pyrrole nitrogens is 1. The number of aromatic amines is 1. The van der Waals surface area contributed by atoms with Gasteiger partial charge in [-0.25, -0.2) is 0 Å². The van der Waals surface area contributed by atoms with Crippen LogP contribution >= 0.6 is 0 Å². The smallest absolute Gasteiger partial charge is 0.194 e. The van der Waals surface area contributed by atoms with Gasteiger partial charge >= 0.3 is 0 Å². The number of rotatable bonds is 1. The summed E-state index contributed by atoms with van der Waals surface area (Å²) in [5.41, 5.74) is -0.424. The number of aromatic nitrogens is 4. The molecule has 2 rings (SSSR count). The molecule has 0 amide bonds. The minimum atomic E-state index is -0.424. The van der Waals surface area contributed by atoms with Crippen LogP contribution in [0.25, 0.3) is 0 Å². The van der Waals surface area contributed by atoms with Gasteiger partial charge in [-0.2, -0.15) is 10.5 Å². The van der Waals surface area contributed by atoms with Crippen LogP contribution in [-0.4, -0.2) is 20.6 Å². The first-order valence-corrected chi connectivity index (χ1v) is 3.53. The summed E-state index contributed by atoms with van der Waals surface area (Å²) in [5, 5.41) is 22.2. The molecule has 1 heterocycles. The fourth-order valence-electron chi connectivity index (χ4n) is 1.28. The Labute approximate surface area is 63.4 Å². The summed E-state index contributed by atoms with van der Waals surface area (Å²) >= 11 is 0. The molecule has 1 aromatic rings. The number of hydrogen-bond acceptors (Lipinski definition) is 4. The van der Waals surface area contributed by atoms with Crippen molar-refractivity contribution in [2.75, 3.05) is 0 Å². The predicted molar refractivity (Wildman–Crippen MR) is 35.3 cm³/mol. The zero-order chi connectivity index (χ0) is 7.73. The van der Waals surface area contributed by atoms with Gasteiger partial charge in [0.1, 0.15) is 5.41 Å². The van der Waals surface area contributed by atoms with E-state index in [1.165, 1.54) is 0 Å². The Morgan fingerprint density at radius 1 is 1.55 bits per heavy atom. The first-order valence-electron chi connectivity index (χ1n) is 3.53. The van der Waals surface area contributed by atoms with Crippen molar-refractivity contribution in [3.05, 3.63) is 5.82 Å². The van der Waals surface area contributed by atoms with Crippen LogP contribution < -0.4 is 0 Å². The van der Waals surface area contributed by atoms with Crippen LogP contribution in [0, 0.1) is 11.3 Å². The van der Waals surface area contributed by atoms with Crippen molar-refractivity contribution in [1.29, 1.82) is 5.26 Å². The molecule has 0 atom stereocenters. The van der Waals surface area contributed by atoms with Gasteiger partial charge in [-0.3, -0.25) is 0 Å². The molecule has 1 saturated carbocycles. The van der Waals surface area contributed by atoms with Gasteiger partial charge in [0.15, 0.2) is 5.82 Å². The molecule has 1 aromatic heterocycles. The molecule has 0 bridgehead atoms. The van der Waals surface area contributed by atoms with E-state index in [-0.39, 0.29) is 0 Å². The minimum Gasteiger partial charge on any atom is -0.197 e. The van der Waals surface area contributed by atoms with Crippen LogP contribution in [-0.2, 0) is 5.41 Å². The van der Waals surface area contributed by atoms with E-state index in [2.05, 4.69) is 26.7 Å². The summed E-state index contributed by atoms with van der Waals surface area (Å²) in [5.74, 6) is 0.547. The third-order valence-corrected chi connectivity index (χ3v) is 2.19. The molecule has 0 spiro atoms. The maximum Gasteiger partial charge on any atom is 0.194 e. The van der Waals surface area contributed by atoms with Crippen molar-refractivity contribution in [3.63, 3.8) is 0 Å². The zero-order valence-corrected chi connectivity index (χ0v) is 5.91. The van der Waals surface area contributed by atoms with Gasteiger partial charge in [-0.15, -0.1) is 10.2 Å². The van der Waals surface area contributed by atoms with Crippen molar-refractivity contribution in [3.8, 4) is 6.07 Å². The van der Waals surface area contributed by atoms with Crippen molar-refractivity contribution < 1.29 is 0 Å². The second-order valence-electron chi connectivity index (χ2n) is 2.78. The molecule has 1 fully saturated rings. The second-order valence-corrected chi connectivity index (χ2v) is 2.78. The van der Waals surface area contributed by atoms with Gasteiger partial charge in [0.2, 0.25) is 0 Å². The fourth-order valence-corrected chi connectivity index (χ4v) is 1.28. The van der Waals surface area contributed by atoms with E-state index in [1.54, 1.807) is 0 Å². The number of hydrogen-bond donors (Lipinski definition) is 1. The lowest BCUT2D eigenvalue weighted by Gasteiger charge is -2.31. The molecular weight excluding hydrogens is 142 g/mol. The Kier molecular flexibility index (Phi) is 1.15. The molecule has 1 N–H and O–H groups in total. The number of tetrazole rings is 1. The molecule has 0 aliphatic heterocycles. The van der Waals surface area contributed by atoms with Crippen LogP contribution in [0.1, 0.15) is 25.1 Å². The lowest BCUT2D eigenvalue weighted by Crippen LogP contribution is -2.33. The van der Waals surface area contributed by atoms with Crippen LogP contribution in [0.3, 0.4) is 0 Å². The summed E-state index contributed by atoms with van der Waals surface area (Å²) in [7, 11) is 0. The molecule has 0 saturated heterocycles. The van der Waals surface area contributed by atoms with Gasteiger partial charge in [-0.1, -0.05) is 5.21 Å². The topological polar surface area (TPSA) is 78.2 Å². The highest BCUT2D eigenvalue weighted by Crippen LogP contribution is 2.40. The number of nitrogens with zero attached hydrogens (tertiary/aromatic N) is 4. The Morgan fingerprint density at radius 3 is 2.73 bits per heavy atom. The Morgan fingerprint density at radius 2 is 2.36 bits per heavy atom. The zero-order valence-electron chi connectivity index (χ0n) is 5.91. The summed E-state index contributed by atoms with van der Waals surface area (Å²) in [6.45, 7) is 0. The summed E-state index contributed by atoms with van der Waals surface area (Å²) in [6, 6.07) is 2.23. The third kappa shape index (κ3) is 0.724. The molecule has 5 heteroatoms. The van der Waals surface area contributed by atoms with Crippen LogP contribution in [0.5, 0.6) is 0 Å². The first-order chi connectivity index (χ1) is 5.37. The van der Waals surface area contributed by atoms with E-state index in [0.717, 1.165) is 19.3 Å². The molecule has 5 nitrogen and oxygen atoms in total. The molecule has 0 unspecified atom stereocenters. The van der Waals surface area contributed by atoms with Gasteiger partial charge in [-0.05, 0) is 19.3 Å². The second kappa shape index (κ2) is 2.02. The highest BCUT2D eigenvalue weighted by Gasteiger charge is 2.42. The molecule has 0 aromatic carbocycles. The van der Waals surface area contributed by atoms with E-state index in [4.69, 9.17) is 5.26 Å². The van der Waals surface area contributed by atoms with E-state index < -0.39 is 5.41 Å². The Balaban J connectivity index is 2.34. The Bertz CT molecular complexity index is 278. The molecule has 1 aliphatic rings. The molecule has 56 valence electrons. The van der Waals surface area contributed by atoms with Crippen molar-refractivity contribution in [2.45, 2.75) is 24.7 Å². The van der Waals surface area contributed by atoms with E-state index in [9.17, 15) is 0 Å². The summed E-state index contributed by atoms with van der Waals surface area (Å²) in [4.78, 5) is 0. The first kappa shape index (κ1) is 6.28. The lowest BCUT2D eigenvalue weighted by molar-refractivity contribution is 0.307. The lowest BCUT2D eigenvalue weighted by atomic mass is 9.69. The van der Waals surface area contributed by atoms with Gasteiger partial charge < -0.3 is 0 Å². The SMILES string of the molecule is N#CC1(c2nn[nH]n2)CCC1. The average Bonchev–Trinajstić information content (AvgIpc) is 2.39. The normalized spacial score (nSPS) is 20.3. The minimum absolute atomic E-state index is 0.424. The monoisotopic (exact) mass is 149 g/mol. The third-order valence-electron chi connectivity index (χ3n) is 2.19.